The number of benzene rings is 1. The van der Waals surface area contributed by atoms with Crippen molar-refractivity contribution < 1.29 is 13.2 Å². The van der Waals surface area contributed by atoms with E-state index in [1.165, 1.54) is 0 Å². The lowest BCUT2D eigenvalue weighted by Gasteiger charge is -2.26. The topological polar surface area (TPSA) is 57.7 Å². The van der Waals surface area contributed by atoms with Crippen molar-refractivity contribution in [2.75, 3.05) is 24.5 Å². The molecule has 0 aromatic heterocycles. The molecule has 1 aromatic carbocycles. The highest BCUT2D eigenvalue weighted by atomic mass is 32.2. The number of anilines is 1. The molecule has 1 amide bonds. The van der Waals surface area contributed by atoms with Crippen molar-refractivity contribution in [3.8, 4) is 0 Å². The molecule has 1 aliphatic rings. The Labute approximate surface area is 145 Å². The molecule has 0 N–H and O–H groups in total. The Bertz CT molecular complexity index is 656. The highest BCUT2D eigenvalue weighted by Crippen LogP contribution is 2.25. The minimum Gasteiger partial charge on any atom is -0.312 e. The van der Waals surface area contributed by atoms with Gasteiger partial charge in [-0.15, -0.1) is 0 Å². The SMILES string of the molecule is CC(C)CN(CC(C)C)S(=O)(=O)c1ccc(N2CCCC2=O)cc1. The average Bonchev–Trinajstić information content (AvgIpc) is 2.92. The third-order valence-electron chi connectivity index (χ3n) is 4.00. The van der Waals surface area contributed by atoms with E-state index in [1.807, 2.05) is 27.7 Å². The normalized spacial score (nSPS) is 16.0. The molecule has 2 rings (SSSR count). The van der Waals surface area contributed by atoms with Gasteiger partial charge in [0.2, 0.25) is 15.9 Å². The number of nitrogens with zero attached hydrogens (tertiary/aromatic N) is 2. The molecule has 1 heterocycles. The minimum atomic E-state index is -3.52. The lowest BCUT2D eigenvalue weighted by Crippen LogP contribution is -2.37. The smallest absolute Gasteiger partial charge is 0.243 e. The van der Waals surface area contributed by atoms with E-state index in [1.54, 1.807) is 33.5 Å². The van der Waals surface area contributed by atoms with Crippen LogP contribution >= 0.6 is 0 Å². The van der Waals surface area contributed by atoms with Crippen LogP contribution in [-0.2, 0) is 14.8 Å². The summed E-state index contributed by atoms with van der Waals surface area (Å²) in [6.07, 6.45) is 1.42. The van der Waals surface area contributed by atoms with Gasteiger partial charge in [-0.3, -0.25) is 4.79 Å². The van der Waals surface area contributed by atoms with Gasteiger partial charge in [0.1, 0.15) is 0 Å². The van der Waals surface area contributed by atoms with Gasteiger partial charge in [-0.2, -0.15) is 4.31 Å². The first-order valence-electron chi connectivity index (χ1n) is 8.62. The molecule has 0 radical (unpaired) electrons. The second-order valence-electron chi connectivity index (χ2n) is 7.25. The predicted octanol–water partition coefficient (Wildman–Crippen LogP) is 3.12. The fraction of sp³-hybridized carbons (Fsp3) is 0.611. The van der Waals surface area contributed by atoms with Crippen LogP contribution in [0.1, 0.15) is 40.5 Å². The van der Waals surface area contributed by atoms with Gasteiger partial charge in [-0.25, -0.2) is 8.42 Å². The molecule has 0 unspecified atom stereocenters. The summed E-state index contributed by atoms with van der Waals surface area (Å²) in [5.74, 6) is 0.631. The van der Waals surface area contributed by atoms with E-state index in [4.69, 9.17) is 0 Å². The van der Waals surface area contributed by atoms with E-state index >= 15 is 0 Å². The van der Waals surface area contributed by atoms with Gasteiger partial charge in [-0.1, -0.05) is 27.7 Å². The van der Waals surface area contributed by atoms with Crippen LogP contribution in [0.5, 0.6) is 0 Å². The lowest BCUT2D eigenvalue weighted by atomic mass is 10.2. The zero-order valence-corrected chi connectivity index (χ0v) is 15.8. The van der Waals surface area contributed by atoms with Crippen LogP contribution in [0, 0.1) is 11.8 Å². The van der Waals surface area contributed by atoms with Crippen LogP contribution < -0.4 is 4.90 Å². The zero-order chi connectivity index (χ0) is 17.9. The van der Waals surface area contributed by atoms with Crippen LogP contribution in [0.25, 0.3) is 0 Å². The molecule has 0 aliphatic carbocycles. The molecule has 0 atom stereocenters. The van der Waals surface area contributed by atoms with Gasteiger partial charge in [0.05, 0.1) is 4.90 Å². The Kier molecular flexibility index (Phi) is 6.04. The summed E-state index contributed by atoms with van der Waals surface area (Å²) in [5.41, 5.74) is 0.774. The Balaban J connectivity index is 2.25. The maximum Gasteiger partial charge on any atom is 0.243 e. The van der Waals surface area contributed by atoms with Gasteiger partial charge < -0.3 is 4.90 Å². The number of carbonyl (C=O) groups is 1. The molecular formula is C18H28N2O3S. The summed E-state index contributed by atoms with van der Waals surface area (Å²) < 4.78 is 27.5. The van der Waals surface area contributed by atoms with Crippen molar-refractivity contribution in [1.82, 2.24) is 4.31 Å². The molecular weight excluding hydrogens is 324 g/mol. The summed E-state index contributed by atoms with van der Waals surface area (Å²) in [5, 5.41) is 0. The highest BCUT2D eigenvalue weighted by molar-refractivity contribution is 7.89. The number of hydrogen-bond donors (Lipinski definition) is 0. The Morgan fingerprint density at radius 1 is 1.04 bits per heavy atom. The minimum absolute atomic E-state index is 0.104. The summed E-state index contributed by atoms with van der Waals surface area (Å²) in [6, 6.07) is 6.70. The van der Waals surface area contributed by atoms with Crippen LogP contribution in [0.2, 0.25) is 0 Å². The number of sulfonamides is 1. The number of amides is 1. The molecule has 1 aromatic rings. The second-order valence-corrected chi connectivity index (χ2v) is 9.19. The van der Waals surface area contributed by atoms with Crippen molar-refractivity contribution >= 4 is 21.6 Å². The Hall–Kier alpha value is -1.40. The first kappa shape index (κ1) is 18.9. The fourth-order valence-electron chi connectivity index (χ4n) is 2.95. The summed E-state index contributed by atoms with van der Waals surface area (Å²) in [6.45, 7) is 9.79. The van der Waals surface area contributed by atoms with Crippen LogP contribution in [0.3, 0.4) is 0 Å². The summed E-state index contributed by atoms with van der Waals surface area (Å²) >= 11 is 0. The quantitative estimate of drug-likeness (QED) is 0.757. The molecule has 1 aliphatic heterocycles. The van der Waals surface area contributed by atoms with Crippen molar-refractivity contribution in [1.29, 1.82) is 0 Å². The van der Waals surface area contributed by atoms with Crippen molar-refractivity contribution in [3.63, 3.8) is 0 Å². The average molecular weight is 353 g/mol. The van der Waals surface area contributed by atoms with E-state index in [2.05, 4.69) is 0 Å². The van der Waals surface area contributed by atoms with Crippen LogP contribution in [0.15, 0.2) is 29.2 Å². The molecule has 0 bridgehead atoms. The second kappa shape index (κ2) is 7.66. The van der Waals surface area contributed by atoms with Gasteiger partial charge in [0.25, 0.3) is 0 Å². The predicted molar refractivity (Wildman–Crippen MR) is 96.5 cm³/mol. The van der Waals surface area contributed by atoms with Gasteiger partial charge >= 0.3 is 0 Å². The van der Waals surface area contributed by atoms with Gasteiger partial charge in [-0.05, 0) is 42.5 Å². The number of hydrogen-bond acceptors (Lipinski definition) is 3. The number of rotatable bonds is 7. The standard InChI is InChI=1S/C18H28N2O3S/c1-14(2)12-19(13-15(3)4)24(22,23)17-9-7-16(8-10-17)20-11-5-6-18(20)21/h7-10,14-15H,5-6,11-13H2,1-4H3. The fourth-order valence-corrected chi connectivity index (χ4v) is 4.72. The lowest BCUT2D eigenvalue weighted by molar-refractivity contribution is -0.117. The summed E-state index contributed by atoms with van der Waals surface area (Å²) in [4.78, 5) is 13.8. The molecule has 134 valence electrons. The molecule has 1 saturated heterocycles. The van der Waals surface area contributed by atoms with Crippen molar-refractivity contribution in [2.45, 2.75) is 45.4 Å². The molecule has 0 spiro atoms. The molecule has 5 nitrogen and oxygen atoms in total. The van der Waals surface area contributed by atoms with Gasteiger partial charge in [0.15, 0.2) is 0 Å². The summed E-state index contributed by atoms with van der Waals surface area (Å²) in [7, 11) is -3.52. The maximum absolute atomic E-state index is 12.9. The third-order valence-corrected chi connectivity index (χ3v) is 5.84. The molecule has 1 fully saturated rings. The van der Waals surface area contributed by atoms with E-state index in [0.717, 1.165) is 12.1 Å². The van der Waals surface area contributed by atoms with Crippen LogP contribution in [-0.4, -0.2) is 38.3 Å². The monoisotopic (exact) mass is 352 g/mol. The third kappa shape index (κ3) is 4.36. The molecule has 6 heteroatoms. The van der Waals surface area contributed by atoms with Gasteiger partial charge in [0, 0.05) is 31.7 Å². The molecule has 24 heavy (non-hydrogen) atoms. The maximum atomic E-state index is 12.9. The van der Waals surface area contributed by atoms with E-state index in [-0.39, 0.29) is 17.7 Å². The van der Waals surface area contributed by atoms with Crippen molar-refractivity contribution in [2.24, 2.45) is 11.8 Å². The first-order chi connectivity index (χ1) is 11.2. The van der Waals surface area contributed by atoms with E-state index < -0.39 is 10.0 Å². The van der Waals surface area contributed by atoms with Crippen LogP contribution in [0.4, 0.5) is 5.69 Å². The highest BCUT2D eigenvalue weighted by Gasteiger charge is 2.27. The Morgan fingerprint density at radius 2 is 1.58 bits per heavy atom. The number of carbonyl (C=O) groups excluding carboxylic acids is 1. The zero-order valence-electron chi connectivity index (χ0n) is 15.0. The van der Waals surface area contributed by atoms with E-state index in [0.29, 0.717) is 31.0 Å². The Morgan fingerprint density at radius 3 is 2.00 bits per heavy atom. The van der Waals surface area contributed by atoms with Crippen molar-refractivity contribution in [3.05, 3.63) is 24.3 Å². The largest absolute Gasteiger partial charge is 0.312 e. The first-order valence-corrected chi connectivity index (χ1v) is 10.1. The van der Waals surface area contributed by atoms with E-state index in [9.17, 15) is 13.2 Å². The molecule has 0 saturated carbocycles.